The number of aryl methyl sites for hydroxylation is 1. The molecule has 0 amide bonds. The zero-order valence-corrected chi connectivity index (χ0v) is 12.2. The lowest BCUT2D eigenvalue weighted by Crippen LogP contribution is -1.97. The van der Waals surface area contributed by atoms with Gasteiger partial charge in [-0.05, 0) is 12.5 Å². The van der Waals surface area contributed by atoms with Crippen LogP contribution in [0.5, 0.6) is 0 Å². The molecule has 3 heterocycles. The molecule has 6 nitrogen and oxygen atoms in total. The van der Waals surface area contributed by atoms with Crippen molar-refractivity contribution in [3.8, 4) is 10.6 Å². The van der Waals surface area contributed by atoms with E-state index in [4.69, 9.17) is 10.5 Å². The summed E-state index contributed by atoms with van der Waals surface area (Å²) in [5.74, 6) is 0.699. The van der Waals surface area contributed by atoms with Gasteiger partial charge in [0, 0.05) is 17.6 Å². The number of nitrogens with two attached hydrogens (primary N) is 1. The molecule has 3 rings (SSSR count). The minimum atomic E-state index is 0.393. The summed E-state index contributed by atoms with van der Waals surface area (Å²) >= 11 is 3.10. The number of fused-ring (bicyclic) bond motifs is 1. The van der Waals surface area contributed by atoms with Crippen LogP contribution in [0, 0.1) is 0 Å². The second kappa shape index (κ2) is 4.87. The van der Waals surface area contributed by atoms with E-state index in [0.717, 1.165) is 27.0 Å². The van der Waals surface area contributed by atoms with Crippen molar-refractivity contribution in [1.82, 2.24) is 19.8 Å². The third-order valence-electron chi connectivity index (χ3n) is 2.72. The van der Waals surface area contributed by atoms with Crippen LogP contribution in [-0.4, -0.2) is 26.9 Å². The maximum absolute atomic E-state index is 6.05. The van der Waals surface area contributed by atoms with Crippen molar-refractivity contribution in [2.45, 2.75) is 20.0 Å². The summed E-state index contributed by atoms with van der Waals surface area (Å²) in [6.45, 7) is 2.51. The number of nitrogens with zero attached hydrogens (tertiary/aromatic N) is 4. The fourth-order valence-electron chi connectivity index (χ4n) is 1.78. The molecule has 0 aliphatic rings. The third-order valence-corrected chi connectivity index (χ3v) is 4.76. The SMILES string of the molecule is CCc1cc(-c2nn3c(COC)nnc3s2)c(N)s1. The topological polar surface area (TPSA) is 78.3 Å². The number of methoxy groups -OCH3 is 1. The van der Waals surface area contributed by atoms with Crippen molar-refractivity contribution < 1.29 is 4.74 Å². The zero-order chi connectivity index (χ0) is 13.4. The normalized spacial score (nSPS) is 11.5. The largest absolute Gasteiger partial charge is 0.390 e. The molecule has 3 aromatic rings. The van der Waals surface area contributed by atoms with Crippen LogP contribution in [-0.2, 0) is 17.8 Å². The highest BCUT2D eigenvalue weighted by molar-refractivity contribution is 7.21. The van der Waals surface area contributed by atoms with E-state index in [-0.39, 0.29) is 0 Å². The molecule has 0 spiro atoms. The van der Waals surface area contributed by atoms with E-state index in [2.05, 4.69) is 28.3 Å². The zero-order valence-electron chi connectivity index (χ0n) is 10.6. The Labute approximate surface area is 117 Å². The summed E-state index contributed by atoms with van der Waals surface area (Å²) in [7, 11) is 1.62. The number of thiophene rings is 1. The number of ether oxygens (including phenoxy) is 1. The predicted octanol–water partition coefficient (Wildman–Crippen LogP) is 2.21. The molecule has 0 saturated carbocycles. The van der Waals surface area contributed by atoms with E-state index in [0.29, 0.717) is 12.4 Å². The molecule has 0 atom stereocenters. The van der Waals surface area contributed by atoms with Gasteiger partial charge in [-0.1, -0.05) is 18.3 Å². The van der Waals surface area contributed by atoms with Crippen LogP contribution in [0.4, 0.5) is 5.00 Å². The molecule has 2 N–H and O–H groups in total. The monoisotopic (exact) mass is 295 g/mol. The van der Waals surface area contributed by atoms with Gasteiger partial charge in [0.2, 0.25) is 4.96 Å². The Balaban J connectivity index is 2.07. The minimum absolute atomic E-state index is 0.393. The van der Waals surface area contributed by atoms with Crippen molar-refractivity contribution in [2.24, 2.45) is 0 Å². The van der Waals surface area contributed by atoms with Crippen molar-refractivity contribution in [3.05, 3.63) is 16.8 Å². The molecule has 0 saturated heterocycles. The van der Waals surface area contributed by atoms with Gasteiger partial charge in [-0.15, -0.1) is 21.5 Å². The van der Waals surface area contributed by atoms with E-state index in [1.807, 2.05) is 0 Å². The average Bonchev–Trinajstić information content (AvgIpc) is 3.05. The molecule has 0 aromatic carbocycles. The number of anilines is 1. The number of nitrogen functional groups attached to an aromatic ring is 1. The molecule has 0 fully saturated rings. The number of hydrogen-bond donors (Lipinski definition) is 1. The molecule has 0 unspecified atom stereocenters. The van der Waals surface area contributed by atoms with Crippen LogP contribution in [0.15, 0.2) is 6.07 Å². The quantitative estimate of drug-likeness (QED) is 0.798. The van der Waals surface area contributed by atoms with E-state index in [1.165, 1.54) is 16.2 Å². The first-order valence-electron chi connectivity index (χ1n) is 5.81. The van der Waals surface area contributed by atoms with Gasteiger partial charge < -0.3 is 10.5 Å². The van der Waals surface area contributed by atoms with Gasteiger partial charge in [-0.2, -0.15) is 9.61 Å². The van der Waals surface area contributed by atoms with E-state index >= 15 is 0 Å². The molecule has 0 radical (unpaired) electrons. The summed E-state index contributed by atoms with van der Waals surface area (Å²) in [5.41, 5.74) is 7.04. The fourth-order valence-corrected chi connectivity index (χ4v) is 3.61. The smallest absolute Gasteiger partial charge is 0.235 e. The molecular formula is C11H13N5OS2. The maximum atomic E-state index is 6.05. The van der Waals surface area contributed by atoms with Gasteiger partial charge in [0.1, 0.15) is 6.61 Å². The Kier molecular flexibility index (Phi) is 3.21. The second-order valence-corrected chi connectivity index (χ2v) is 6.12. The van der Waals surface area contributed by atoms with Crippen LogP contribution in [0.2, 0.25) is 0 Å². The van der Waals surface area contributed by atoms with Crippen molar-refractivity contribution in [2.75, 3.05) is 12.8 Å². The van der Waals surface area contributed by atoms with Gasteiger partial charge in [-0.3, -0.25) is 0 Å². The lowest BCUT2D eigenvalue weighted by atomic mass is 10.3. The molecule has 0 aliphatic heterocycles. The Hall–Kier alpha value is -1.51. The first kappa shape index (κ1) is 12.5. The Morgan fingerprint density at radius 2 is 2.21 bits per heavy atom. The van der Waals surface area contributed by atoms with E-state index < -0.39 is 0 Å². The Morgan fingerprint density at radius 3 is 2.89 bits per heavy atom. The molecule has 0 bridgehead atoms. The number of hydrogen-bond acceptors (Lipinski definition) is 7. The molecule has 19 heavy (non-hydrogen) atoms. The van der Waals surface area contributed by atoms with Gasteiger partial charge in [0.05, 0.1) is 5.00 Å². The summed E-state index contributed by atoms with van der Waals surface area (Å²) in [5, 5.41) is 14.3. The van der Waals surface area contributed by atoms with Crippen molar-refractivity contribution in [1.29, 1.82) is 0 Å². The summed E-state index contributed by atoms with van der Waals surface area (Å²) < 4.78 is 6.79. The second-order valence-electron chi connectivity index (χ2n) is 4.00. The molecular weight excluding hydrogens is 282 g/mol. The van der Waals surface area contributed by atoms with Gasteiger partial charge in [0.25, 0.3) is 0 Å². The molecule has 8 heteroatoms. The number of aromatic nitrogens is 4. The summed E-state index contributed by atoms with van der Waals surface area (Å²) in [6, 6.07) is 2.10. The molecule has 3 aromatic heterocycles. The van der Waals surface area contributed by atoms with Crippen molar-refractivity contribution in [3.63, 3.8) is 0 Å². The van der Waals surface area contributed by atoms with Gasteiger partial charge in [0.15, 0.2) is 10.8 Å². The Morgan fingerprint density at radius 1 is 1.37 bits per heavy atom. The lowest BCUT2D eigenvalue weighted by Gasteiger charge is -1.93. The van der Waals surface area contributed by atoms with Crippen LogP contribution in [0.25, 0.3) is 15.5 Å². The highest BCUT2D eigenvalue weighted by Gasteiger charge is 2.16. The molecule has 100 valence electrons. The average molecular weight is 295 g/mol. The highest BCUT2D eigenvalue weighted by atomic mass is 32.1. The van der Waals surface area contributed by atoms with E-state index in [1.54, 1.807) is 23.0 Å². The van der Waals surface area contributed by atoms with Gasteiger partial charge >= 0.3 is 0 Å². The van der Waals surface area contributed by atoms with Crippen LogP contribution >= 0.6 is 22.7 Å². The first-order chi connectivity index (χ1) is 9.22. The van der Waals surface area contributed by atoms with Crippen LogP contribution in [0.1, 0.15) is 17.6 Å². The van der Waals surface area contributed by atoms with E-state index in [9.17, 15) is 0 Å². The number of rotatable bonds is 4. The lowest BCUT2D eigenvalue weighted by molar-refractivity contribution is 0.176. The summed E-state index contributed by atoms with van der Waals surface area (Å²) in [4.78, 5) is 2.02. The molecule has 0 aliphatic carbocycles. The highest BCUT2D eigenvalue weighted by Crippen LogP contribution is 2.36. The van der Waals surface area contributed by atoms with Gasteiger partial charge in [-0.25, -0.2) is 0 Å². The van der Waals surface area contributed by atoms with Crippen LogP contribution in [0.3, 0.4) is 0 Å². The first-order valence-corrected chi connectivity index (χ1v) is 7.44. The summed E-state index contributed by atoms with van der Waals surface area (Å²) in [6.07, 6.45) is 0.980. The third kappa shape index (κ3) is 2.11. The predicted molar refractivity (Wildman–Crippen MR) is 76.5 cm³/mol. The van der Waals surface area contributed by atoms with Crippen LogP contribution < -0.4 is 5.73 Å². The standard InChI is InChI=1S/C11H13N5OS2/c1-3-6-4-7(9(12)18-6)10-15-16-8(5-17-2)13-14-11(16)19-10/h4H,3,5,12H2,1-2H3. The van der Waals surface area contributed by atoms with Crippen molar-refractivity contribution >= 4 is 32.6 Å². The Bertz CT molecular complexity index is 714. The fraction of sp³-hybridized carbons (Fsp3) is 0.364. The maximum Gasteiger partial charge on any atom is 0.235 e. The minimum Gasteiger partial charge on any atom is -0.390 e.